The fourth-order valence-electron chi connectivity index (χ4n) is 4.62. The van der Waals surface area contributed by atoms with Crippen LogP contribution < -0.4 is 19.7 Å². The van der Waals surface area contributed by atoms with Gasteiger partial charge in [0.1, 0.15) is 11.5 Å². The topological polar surface area (TPSA) is 95.6 Å². The Labute approximate surface area is 236 Å². The molecule has 1 aliphatic rings. The number of carbonyl (C=O) groups excluding carboxylic acids is 1. The lowest BCUT2D eigenvalue weighted by atomic mass is 10.1. The van der Waals surface area contributed by atoms with Crippen molar-refractivity contribution in [1.29, 1.82) is 0 Å². The van der Waals surface area contributed by atoms with E-state index in [1.807, 2.05) is 30.3 Å². The predicted molar refractivity (Wildman–Crippen MR) is 156 cm³/mol. The molecule has 0 saturated carbocycles. The number of carbonyl (C=O) groups is 1. The molecular weight excluding hydrogens is 539 g/mol. The van der Waals surface area contributed by atoms with E-state index in [0.717, 1.165) is 38.4 Å². The predicted octanol–water partition coefficient (Wildman–Crippen LogP) is 5.51. The molecule has 0 unspecified atom stereocenters. The highest BCUT2D eigenvalue weighted by molar-refractivity contribution is 6.41. The number of piperazine rings is 1. The number of pyridine rings is 1. The molecule has 2 N–H and O–H groups in total. The number of hydrogen-bond acceptors (Lipinski definition) is 7. The van der Waals surface area contributed by atoms with Crippen LogP contribution in [0.5, 0.6) is 11.5 Å². The molecule has 11 heteroatoms. The van der Waals surface area contributed by atoms with E-state index in [9.17, 15) is 4.79 Å². The molecule has 9 nitrogen and oxygen atoms in total. The molecule has 1 aliphatic heterocycles. The Kier molecular flexibility index (Phi) is 7.92. The van der Waals surface area contributed by atoms with Gasteiger partial charge < -0.3 is 19.7 Å². The number of ether oxygens (including phenoxy) is 2. The zero-order chi connectivity index (χ0) is 27.5. The van der Waals surface area contributed by atoms with E-state index < -0.39 is 0 Å². The highest BCUT2D eigenvalue weighted by Gasteiger charge is 2.21. The number of amides is 1. The Balaban J connectivity index is 1.33. The molecule has 2 aromatic heterocycles. The van der Waals surface area contributed by atoms with Gasteiger partial charge in [0.2, 0.25) is 0 Å². The van der Waals surface area contributed by atoms with Gasteiger partial charge in [-0.1, -0.05) is 29.3 Å². The monoisotopic (exact) mass is 566 g/mol. The summed E-state index contributed by atoms with van der Waals surface area (Å²) in [6.45, 7) is 8.57. The largest absolute Gasteiger partial charge is 0.495 e. The molecule has 1 fully saturated rings. The van der Waals surface area contributed by atoms with Crippen LogP contribution in [0.2, 0.25) is 10.0 Å². The number of anilines is 2. The number of aromatic nitrogens is 3. The second kappa shape index (κ2) is 11.5. The van der Waals surface area contributed by atoms with Crippen LogP contribution in [0.25, 0.3) is 22.3 Å². The summed E-state index contributed by atoms with van der Waals surface area (Å²) in [6.07, 6.45) is 1.93. The van der Waals surface area contributed by atoms with Crippen LogP contribution in [0, 0.1) is 0 Å². The molecule has 0 bridgehead atoms. The highest BCUT2D eigenvalue weighted by Crippen LogP contribution is 2.45. The minimum Gasteiger partial charge on any atom is -0.495 e. The van der Waals surface area contributed by atoms with E-state index in [4.69, 9.17) is 32.7 Å². The molecule has 39 heavy (non-hydrogen) atoms. The lowest BCUT2D eigenvalue weighted by Gasteiger charge is -2.35. The van der Waals surface area contributed by atoms with Gasteiger partial charge in [0, 0.05) is 55.6 Å². The maximum absolute atomic E-state index is 13.0. The molecule has 1 amide bonds. The minimum absolute atomic E-state index is 0.265. The van der Waals surface area contributed by atoms with Crippen LogP contribution in [-0.4, -0.2) is 72.9 Å². The van der Waals surface area contributed by atoms with Gasteiger partial charge in [-0.2, -0.15) is 5.10 Å². The van der Waals surface area contributed by atoms with Gasteiger partial charge in [0.25, 0.3) is 5.91 Å². The van der Waals surface area contributed by atoms with Crippen molar-refractivity contribution in [1.82, 2.24) is 20.1 Å². The average molecular weight is 567 g/mol. The van der Waals surface area contributed by atoms with Crippen LogP contribution in [0.3, 0.4) is 0 Å². The van der Waals surface area contributed by atoms with Crippen LogP contribution >= 0.6 is 23.2 Å². The summed E-state index contributed by atoms with van der Waals surface area (Å²) in [6, 6.07) is 12.8. The number of rotatable bonds is 8. The average Bonchev–Trinajstić information content (AvgIpc) is 3.36. The molecule has 4 aromatic rings. The molecule has 0 spiro atoms. The van der Waals surface area contributed by atoms with Crippen molar-refractivity contribution in [2.24, 2.45) is 0 Å². The first-order valence-electron chi connectivity index (χ1n) is 12.4. The lowest BCUT2D eigenvalue weighted by molar-refractivity contribution is 0.102. The van der Waals surface area contributed by atoms with Crippen molar-refractivity contribution >= 4 is 51.6 Å². The van der Waals surface area contributed by atoms with Crippen molar-refractivity contribution in [3.8, 4) is 22.8 Å². The van der Waals surface area contributed by atoms with Gasteiger partial charge in [-0.25, -0.2) is 4.98 Å². The first kappa shape index (κ1) is 26.8. The molecule has 2 aromatic carbocycles. The van der Waals surface area contributed by atoms with Gasteiger partial charge in [0.15, 0.2) is 11.5 Å². The van der Waals surface area contributed by atoms with E-state index in [1.165, 1.54) is 14.2 Å². The SMILES string of the molecule is C=CCN1CCN(c2ccc(C(=O)Nc3n[nH]c4nc(-c5c(Cl)c(OC)cc(OC)c5Cl)ccc34)cc2)CC1. The highest BCUT2D eigenvalue weighted by atomic mass is 35.5. The van der Waals surface area contributed by atoms with Crippen molar-refractivity contribution in [3.05, 3.63) is 70.7 Å². The van der Waals surface area contributed by atoms with Crippen molar-refractivity contribution < 1.29 is 14.3 Å². The van der Waals surface area contributed by atoms with Gasteiger partial charge in [-0.05, 0) is 36.4 Å². The first-order chi connectivity index (χ1) is 18.9. The minimum atomic E-state index is -0.265. The third-order valence-corrected chi connectivity index (χ3v) is 7.49. The van der Waals surface area contributed by atoms with Crippen LogP contribution in [0.4, 0.5) is 11.5 Å². The molecule has 0 atom stereocenters. The van der Waals surface area contributed by atoms with Gasteiger partial charge in [0.05, 0.1) is 35.3 Å². The maximum Gasteiger partial charge on any atom is 0.256 e. The van der Waals surface area contributed by atoms with E-state index in [2.05, 4.69) is 36.9 Å². The van der Waals surface area contributed by atoms with Crippen LogP contribution in [0.15, 0.2) is 55.1 Å². The standard InChI is InChI=1S/C28H28Cl2N6O3/c1-4-11-35-12-14-36(15-13-35)18-7-5-17(6-8-18)28(37)32-27-19-9-10-20(31-26(19)33-34-27)23-24(29)21(38-2)16-22(39-3)25(23)30/h4-10,16H,1,11-15H2,2-3H3,(H2,31,32,33,34,37). The van der Waals surface area contributed by atoms with E-state index in [1.54, 1.807) is 18.2 Å². The fraction of sp³-hybridized carbons (Fsp3) is 0.250. The third-order valence-electron chi connectivity index (χ3n) is 6.74. The normalized spacial score (nSPS) is 13.9. The van der Waals surface area contributed by atoms with Crippen molar-refractivity contribution in [3.63, 3.8) is 0 Å². The van der Waals surface area contributed by atoms with Crippen molar-refractivity contribution in [2.45, 2.75) is 0 Å². The van der Waals surface area contributed by atoms with Crippen LogP contribution in [0.1, 0.15) is 10.4 Å². The number of aromatic amines is 1. The molecule has 202 valence electrons. The summed E-state index contributed by atoms with van der Waals surface area (Å²) in [5.74, 6) is 0.928. The molecule has 1 saturated heterocycles. The Morgan fingerprint density at radius 2 is 1.72 bits per heavy atom. The Morgan fingerprint density at radius 3 is 2.33 bits per heavy atom. The number of benzene rings is 2. The fourth-order valence-corrected chi connectivity index (χ4v) is 5.32. The summed E-state index contributed by atoms with van der Waals surface area (Å²) in [4.78, 5) is 22.3. The zero-order valence-electron chi connectivity index (χ0n) is 21.6. The second-order valence-electron chi connectivity index (χ2n) is 9.03. The number of nitrogens with zero attached hydrogens (tertiary/aromatic N) is 4. The Morgan fingerprint density at radius 1 is 1.05 bits per heavy atom. The number of fused-ring (bicyclic) bond motifs is 1. The van der Waals surface area contributed by atoms with Gasteiger partial charge >= 0.3 is 0 Å². The summed E-state index contributed by atoms with van der Waals surface area (Å²) < 4.78 is 10.7. The van der Waals surface area contributed by atoms with Gasteiger partial charge in [-0.15, -0.1) is 6.58 Å². The summed E-state index contributed by atoms with van der Waals surface area (Å²) in [5.41, 5.74) is 3.06. The molecule has 5 rings (SSSR count). The molecular formula is C28H28Cl2N6O3. The van der Waals surface area contributed by atoms with Gasteiger partial charge in [-0.3, -0.25) is 14.8 Å². The Hall–Kier alpha value is -3.79. The number of halogens is 2. The summed E-state index contributed by atoms with van der Waals surface area (Å²) in [7, 11) is 3.02. The summed E-state index contributed by atoms with van der Waals surface area (Å²) >= 11 is 13.1. The zero-order valence-corrected chi connectivity index (χ0v) is 23.1. The first-order valence-corrected chi connectivity index (χ1v) is 13.1. The van der Waals surface area contributed by atoms with E-state index in [-0.39, 0.29) is 5.91 Å². The van der Waals surface area contributed by atoms with Crippen LogP contribution in [-0.2, 0) is 0 Å². The number of methoxy groups -OCH3 is 2. The van der Waals surface area contributed by atoms with E-state index in [0.29, 0.717) is 55.2 Å². The lowest BCUT2D eigenvalue weighted by Crippen LogP contribution is -2.46. The molecule has 0 aliphatic carbocycles. The quantitative estimate of drug-likeness (QED) is 0.271. The third kappa shape index (κ3) is 5.38. The number of H-pyrrole nitrogens is 1. The smallest absolute Gasteiger partial charge is 0.256 e. The molecule has 0 radical (unpaired) electrons. The summed E-state index contributed by atoms with van der Waals surface area (Å²) in [5, 5.41) is 11.3. The Bertz CT molecular complexity index is 1490. The molecule has 3 heterocycles. The number of hydrogen-bond donors (Lipinski definition) is 2. The second-order valence-corrected chi connectivity index (χ2v) is 9.78. The van der Waals surface area contributed by atoms with Crippen molar-refractivity contribution in [2.75, 3.05) is 57.2 Å². The van der Waals surface area contributed by atoms with E-state index >= 15 is 0 Å². The number of nitrogens with one attached hydrogen (secondary N) is 2. The maximum atomic E-state index is 13.0.